The van der Waals surface area contributed by atoms with Crippen LogP contribution < -0.4 is 0 Å². The molecule has 94 valence electrons. The third kappa shape index (κ3) is 4.96. The maximum Gasteiger partial charge on any atom is 0.325 e. The Morgan fingerprint density at radius 1 is 1.38 bits per heavy atom. The smallest absolute Gasteiger partial charge is 0.325 e. The van der Waals surface area contributed by atoms with Crippen molar-refractivity contribution in [2.45, 2.75) is 32.0 Å². The van der Waals surface area contributed by atoms with Crippen molar-refractivity contribution < 1.29 is 14.3 Å². The first kappa shape index (κ1) is 15.4. The Morgan fingerprint density at radius 3 is 2.31 bits per heavy atom. The highest BCUT2D eigenvalue weighted by molar-refractivity contribution is 9.10. The van der Waals surface area contributed by atoms with Crippen LogP contribution in [0.2, 0.25) is 0 Å². The number of nitrogens with zero attached hydrogens (tertiary/aromatic N) is 1. The van der Waals surface area contributed by atoms with Crippen LogP contribution in [-0.2, 0) is 14.3 Å². The van der Waals surface area contributed by atoms with Gasteiger partial charge < -0.3 is 9.64 Å². The van der Waals surface area contributed by atoms with Crippen LogP contribution in [0.5, 0.6) is 0 Å². The van der Waals surface area contributed by atoms with Crippen molar-refractivity contribution in [1.29, 1.82) is 0 Å². The van der Waals surface area contributed by atoms with E-state index >= 15 is 0 Å². The Labute approximate surface area is 105 Å². The topological polar surface area (TPSA) is 46.6 Å². The second-order valence-electron chi connectivity index (χ2n) is 3.98. The van der Waals surface area contributed by atoms with E-state index in [9.17, 15) is 9.59 Å². The molecule has 0 aliphatic carbocycles. The summed E-state index contributed by atoms with van der Waals surface area (Å²) in [6.07, 6.45) is 0.820. The van der Waals surface area contributed by atoms with E-state index in [4.69, 9.17) is 0 Å². The molecular weight excluding hydrogens is 274 g/mol. The molecule has 4 nitrogen and oxygen atoms in total. The molecule has 0 saturated heterocycles. The number of alkyl halides is 1. The molecular formula is C11H20BrNO3. The van der Waals surface area contributed by atoms with Gasteiger partial charge in [-0.2, -0.15) is 0 Å². The summed E-state index contributed by atoms with van der Waals surface area (Å²) in [5.41, 5.74) is 0. The molecule has 0 bridgehead atoms. The van der Waals surface area contributed by atoms with Gasteiger partial charge in [0.05, 0.1) is 11.9 Å². The summed E-state index contributed by atoms with van der Waals surface area (Å²) in [6.45, 7) is 6.48. The first-order valence-corrected chi connectivity index (χ1v) is 6.35. The number of carbonyl (C=O) groups excluding carboxylic acids is 2. The van der Waals surface area contributed by atoms with E-state index in [2.05, 4.69) is 20.7 Å². The Bertz CT molecular complexity index is 243. The predicted molar refractivity (Wildman–Crippen MR) is 66.4 cm³/mol. The van der Waals surface area contributed by atoms with Crippen LogP contribution in [0.15, 0.2) is 0 Å². The number of ether oxygens (including phenoxy) is 1. The fraction of sp³-hybridized carbons (Fsp3) is 0.818. The second-order valence-corrected chi connectivity index (χ2v) is 4.97. The van der Waals surface area contributed by atoms with Gasteiger partial charge in [-0.05, 0) is 12.3 Å². The molecule has 0 aromatic heterocycles. The van der Waals surface area contributed by atoms with Crippen LogP contribution in [0, 0.1) is 5.92 Å². The number of esters is 1. The summed E-state index contributed by atoms with van der Waals surface area (Å²) in [5.74, 6) is -0.239. The van der Waals surface area contributed by atoms with E-state index in [0.29, 0.717) is 6.54 Å². The number of carbonyl (C=O) groups is 2. The maximum atomic E-state index is 12.0. The van der Waals surface area contributed by atoms with Gasteiger partial charge in [0.15, 0.2) is 0 Å². The Balaban J connectivity index is 4.51. The van der Waals surface area contributed by atoms with Gasteiger partial charge in [-0.25, -0.2) is 0 Å². The lowest BCUT2D eigenvalue weighted by Gasteiger charge is -2.25. The predicted octanol–water partition coefficient (Wildman–Crippen LogP) is 1.82. The Morgan fingerprint density at radius 2 is 1.94 bits per heavy atom. The van der Waals surface area contributed by atoms with Gasteiger partial charge in [0.1, 0.15) is 6.54 Å². The van der Waals surface area contributed by atoms with Crippen LogP contribution in [0.3, 0.4) is 0 Å². The van der Waals surface area contributed by atoms with E-state index in [1.54, 1.807) is 0 Å². The van der Waals surface area contributed by atoms with Gasteiger partial charge in [-0.15, -0.1) is 0 Å². The highest BCUT2D eigenvalue weighted by atomic mass is 79.9. The average Bonchev–Trinajstić information content (AvgIpc) is 2.26. The number of amides is 1. The van der Waals surface area contributed by atoms with Crippen molar-refractivity contribution in [1.82, 2.24) is 4.90 Å². The highest BCUT2D eigenvalue weighted by Gasteiger charge is 2.25. The molecule has 16 heavy (non-hydrogen) atoms. The van der Waals surface area contributed by atoms with Gasteiger partial charge in [-0.3, -0.25) is 9.59 Å². The van der Waals surface area contributed by atoms with Crippen molar-refractivity contribution in [3.8, 4) is 0 Å². The number of hydrogen-bond acceptors (Lipinski definition) is 3. The van der Waals surface area contributed by atoms with Gasteiger partial charge in [-0.1, -0.05) is 36.7 Å². The number of rotatable bonds is 6. The van der Waals surface area contributed by atoms with Gasteiger partial charge in [0.2, 0.25) is 5.91 Å². The van der Waals surface area contributed by atoms with Crippen LogP contribution in [0.4, 0.5) is 0 Å². The van der Waals surface area contributed by atoms with Crippen molar-refractivity contribution in [3.05, 3.63) is 0 Å². The van der Waals surface area contributed by atoms with E-state index in [1.165, 1.54) is 12.0 Å². The molecule has 0 N–H and O–H groups in total. The van der Waals surface area contributed by atoms with Gasteiger partial charge in [0.25, 0.3) is 0 Å². The summed E-state index contributed by atoms with van der Waals surface area (Å²) in [4.78, 5) is 24.4. The minimum absolute atomic E-state index is 0.0258. The first-order valence-electron chi connectivity index (χ1n) is 5.43. The number of methoxy groups -OCH3 is 1. The van der Waals surface area contributed by atoms with Gasteiger partial charge in [0, 0.05) is 6.54 Å². The second kappa shape index (κ2) is 7.65. The summed E-state index contributed by atoms with van der Waals surface area (Å²) in [7, 11) is 1.32. The molecule has 0 spiro atoms. The summed E-state index contributed by atoms with van der Waals surface area (Å²) < 4.78 is 4.57. The zero-order chi connectivity index (χ0) is 12.7. The average molecular weight is 294 g/mol. The largest absolute Gasteiger partial charge is 0.468 e. The molecule has 1 unspecified atom stereocenters. The molecule has 0 aromatic rings. The SMILES string of the molecule is CCCN(CC(=O)OC)C(=O)C(Br)C(C)C. The quantitative estimate of drug-likeness (QED) is 0.554. The zero-order valence-electron chi connectivity index (χ0n) is 10.3. The molecule has 0 fully saturated rings. The fourth-order valence-electron chi connectivity index (χ4n) is 1.22. The first-order chi connectivity index (χ1) is 7.43. The van der Waals surface area contributed by atoms with E-state index in [1.807, 2.05) is 20.8 Å². The van der Waals surface area contributed by atoms with Crippen LogP contribution in [0.1, 0.15) is 27.2 Å². The van der Waals surface area contributed by atoms with E-state index in [-0.39, 0.29) is 29.2 Å². The summed E-state index contributed by atoms with van der Waals surface area (Å²) >= 11 is 3.35. The molecule has 0 aliphatic heterocycles. The molecule has 1 atom stereocenters. The van der Waals surface area contributed by atoms with Gasteiger partial charge >= 0.3 is 5.97 Å². The van der Waals surface area contributed by atoms with Crippen molar-refractivity contribution in [2.75, 3.05) is 20.2 Å². The molecule has 1 amide bonds. The number of hydrogen-bond donors (Lipinski definition) is 0. The third-order valence-corrected chi connectivity index (χ3v) is 3.62. The molecule has 0 radical (unpaired) electrons. The van der Waals surface area contributed by atoms with Crippen molar-refractivity contribution >= 4 is 27.8 Å². The van der Waals surface area contributed by atoms with Crippen LogP contribution in [0.25, 0.3) is 0 Å². The Kier molecular flexibility index (Phi) is 7.38. The molecule has 5 heteroatoms. The van der Waals surface area contributed by atoms with Crippen LogP contribution in [-0.4, -0.2) is 41.8 Å². The lowest BCUT2D eigenvalue weighted by molar-refractivity contribution is -0.147. The maximum absolute atomic E-state index is 12.0. The monoisotopic (exact) mass is 293 g/mol. The molecule has 0 saturated carbocycles. The third-order valence-electron chi connectivity index (χ3n) is 2.17. The molecule has 0 rings (SSSR count). The summed E-state index contributed by atoms with van der Waals surface area (Å²) in [6, 6.07) is 0. The minimum atomic E-state index is -0.384. The zero-order valence-corrected chi connectivity index (χ0v) is 11.9. The lowest BCUT2D eigenvalue weighted by Crippen LogP contribution is -2.42. The van der Waals surface area contributed by atoms with E-state index < -0.39 is 0 Å². The molecule has 0 aliphatic rings. The Hall–Kier alpha value is -0.580. The van der Waals surface area contributed by atoms with Crippen molar-refractivity contribution in [2.24, 2.45) is 5.92 Å². The minimum Gasteiger partial charge on any atom is -0.468 e. The normalized spacial score (nSPS) is 12.4. The molecule has 0 heterocycles. The molecule has 0 aromatic carbocycles. The highest BCUT2D eigenvalue weighted by Crippen LogP contribution is 2.15. The summed E-state index contributed by atoms with van der Waals surface area (Å²) in [5, 5.41) is 0. The van der Waals surface area contributed by atoms with Crippen LogP contribution >= 0.6 is 15.9 Å². The lowest BCUT2D eigenvalue weighted by atomic mass is 10.1. The fourth-order valence-corrected chi connectivity index (χ4v) is 1.51. The van der Waals surface area contributed by atoms with Crippen molar-refractivity contribution in [3.63, 3.8) is 0 Å². The van der Waals surface area contributed by atoms with E-state index in [0.717, 1.165) is 6.42 Å². The standard InChI is InChI=1S/C11H20BrNO3/c1-5-6-13(7-9(14)16-4)11(15)10(12)8(2)3/h8,10H,5-7H2,1-4H3. The number of halogens is 1.